The molecule has 0 aromatic carbocycles. The van der Waals surface area contributed by atoms with Gasteiger partial charge in [-0.3, -0.25) is 9.59 Å². The molecule has 0 spiro atoms. The maximum atomic E-state index is 11.7. The van der Waals surface area contributed by atoms with E-state index in [-0.39, 0.29) is 11.8 Å². The number of hydrogen-bond acceptors (Lipinski definition) is 4. The van der Waals surface area contributed by atoms with E-state index in [1.807, 2.05) is 0 Å². The summed E-state index contributed by atoms with van der Waals surface area (Å²) in [5, 5.41) is 11.2. The zero-order valence-corrected chi connectivity index (χ0v) is 10.1. The van der Waals surface area contributed by atoms with Crippen molar-refractivity contribution in [3.05, 3.63) is 0 Å². The molecule has 2 N–H and O–H groups in total. The minimum absolute atomic E-state index is 0.103. The minimum Gasteiger partial charge on any atom is -0.481 e. The second-order valence-electron chi connectivity index (χ2n) is 4.54. The number of carbonyl (C=O) groups excluding carboxylic acids is 2. The molecule has 0 radical (unpaired) electrons. The van der Waals surface area contributed by atoms with Crippen molar-refractivity contribution in [1.82, 2.24) is 5.32 Å². The number of ether oxygens (including phenoxy) is 1. The van der Waals surface area contributed by atoms with Crippen molar-refractivity contribution in [3.8, 4) is 0 Å². The third kappa shape index (κ3) is 3.18. The molecule has 1 rings (SSSR count). The first-order valence-electron chi connectivity index (χ1n) is 5.49. The van der Waals surface area contributed by atoms with Crippen molar-refractivity contribution >= 4 is 17.8 Å². The highest BCUT2D eigenvalue weighted by Crippen LogP contribution is 2.38. The predicted molar refractivity (Wildman–Crippen MR) is 58.0 cm³/mol. The number of methoxy groups -OCH3 is 1. The summed E-state index contributed by atoms with van der Waals surface area (Å²) in [7, 11) is 1.25. The van der Waals surface area contributed by atoms with E-state index in [4.69, 9.17) is 5.11 Å². The van der Waals surface area contributed by atoms with Crippen molar-refractivity contribution in [3.63, 3.8) is 0 Å². The molecule has 0 bridgehead atoms. The van der Waals surface area contributed by atoms with E-state index in [1.54, 1.807) is 13.8 Å². The second kappa shape index (κ2) is 5.16. The smallest absolute Gasteiger partial charge is 0.328 e. The van der Waals surface area contributed by atoms with Gasteiger partial charge in [0.1, 0.15) is 6.04 Å². The molecule has 1 saturated carbocycles. The van der Waals surface area contributed by atoms with Gasteiger partial charge >= 0.3 is 11.9 Å². The molecule has 6 nitrogen and oxygen atoms in total. The van der Waals surface area contributed by atoms with E-state index < -0.39 is 29.8 Å². The Hall–Kier alpha value is -1.59. The molecule has 6 heteroatoms. The number of hydrogen-bond donors (Lipinski definition) is 2. The van der Waals surface area contributed by atoms with E-state index in [1.165, 1.54) is 7.11 Å². The van der Waals surface area contributed by atoms with Gasteiger partial charge in [-0.1, -0.05) is 13.8 Å². The van der Waals surface area contributed by atoms with Crippen LogP contribution in [0, 0.1) is 17.8 Å². The number of esters is 1. The number of carboxylic acid groups (broad SMARTS) is 1. The predicted octanol–water partition coefficient (Wildman–Crippen LogP) is 0.0209. The summed E-state index contributed by atoms with van der Waals surface area (Å²) < 4.78 is 4.58. The fourth-order valence-electron chi connectivity index (χ4n) is 1.64. The first-order valence-corrected chi connectivity index (χ1v) is 5.49. The fraction of sp³-hybridized carbons (Fsp3) is 0.727. The van der Waals surface area contributed by atoms with E-state index >= 15 is 0 Å². The lowest BCUT2D eigenvalue weighted by molar-refractivity contribution is -0.146. The van der Waals surface area contributed by atoms with Gasteiger partial charge in [0.15, 0.2) is 0 Å². The summed E-state index contributed by atoms with van der Waals surface area (Å²) >= 11 is 0. The zero-order chi connectivity index (χ0) is 13.2. The van der Waals surface area contributed by atoms with Crippen LogP contribution in [-0.4, -0.2) is 36.1 Å². The topological polar surface area (TPSA) is 92.7 Å². The number of amides is 1. The molecule has 1 unspecified atom stereocenters. The number of carboxylic acids is 1. The average Bonchev–Trinajstić information content (AvgIpc) is 3.03. The van der Waals surface area contributed by atoms with E-state index in [0.717, 1.165) is 0 Å². The van der Waals surface area contributed by atoms with Gasteiger partial charge < -0.3 is 15.2 Å². The molecule has 3 atom stereocenters. The average molecular weight is 243 g/mol. The van der Waals surface area contributed by atoms with Crippen LogP contribution in [0.1, 0.15) is 20.3 Å². The minimum atomic E-state index is -0.968. The van der Waals surface area contributed by atoms with Crippen LogP contribution in [-0.2, 0) is 19.1 Å². The lowest BCUT2D eigenvalue weighted by Gasteiger charge is -2.19. The standard InChI is InChI=1S/C11H17NO5/c1-5(2)8(11(16)17-3)12-9(13)6-4-7(6)10(14)15/h5-8H,4H2,1-3H3,(H,12,13)(H,14,15)/t6-,7+,8?/m1/s1. The normalized spacial score (nSPS) is 24.0. The Bertz CT molecular complexity index is 339. The maximum absolute atomic E-state index is 11.7. The van der Waals surface area contributed by atoms with Crippen molar-refractivity contribution in [2.24, 2.45) is 17.8 Å². The Balaban J connectivity index is 2.55. The first-order chi connectivity index (χ1) is 7.88. The molecular formula is C11H17NO5. The molecule has 1 fully saturated rings. The van der Waals surface area contributed by atoms with Crippen LogP contribution < -0.4 is 5.32 Å². The molecule has 96 valence electrons. The SMILES string of the molecule is COC(=O)C(NC(=O)[C@@H]1C[C@@H]1C(=O)O)C(C)C. The molecule has 0 aromatic rings. The lowest BCUT2D eigenvalue weighted by Crippen LogP contribution is -2.45. The van der Waals surface area contributed by atoms with Gasteiger partial charge in [-0.15, -0.1) is 0 Å². The molecule has 0 heterocycles. The molecule has 1 amide bonds. The number of nitrogens with one attached hydrogen (secondary N) is 1. The molecule has 1 aliphatic rings. The van der Waals surface area contributed by atoms with Gasteiger partial charge in [0.25, 0.3) is 0 Å². The van der Waals surface area contributed by atoms with Gasteiger partial charge in [-0.2, -0.15) is 0 Å². The summed E-state index contributed by atoms with van der Waals surface area (Å²) in [6.45, 7) is 3.56. The zero-order valence-electron chi connectivity index (χ0n) is 10.1. The third-order valence-corrected chi connectivity index (χ3v) is 2.86. The van der Waals surface area contributed by atoms with E-state index in [9.17, 15) is 14.4 Å². The Morgan fingerprint density at radius 1 is 1.29 bits per heavy atom. The number of aliphatic carboxylic acids is 1. The van der Waals surface area contributed by atoms with Gasteiger partial charge in [0.2, 0.25) is 5.91 Å². The van der Waals surface area contributed by atoms with Gasteiger partial charge in [0, 0.05) is 0 Å². The van der Waals surface area contributed by atoms with Crippen molar-refractivity contribution in [1.29, 1.82) is 0 Å². The van der Waals surface area contributed by atoms with Crippen LogP contribution >= 0.6 is 0 Å². The van der Waals surface area contributed by atoms with Crippen molar-refractivity contribution in [2.75, 3.05) is 7.11 Å². The summed E-state index contributed by atoms with van der Waals surface area (Å²) in [6, 6.07) is -0.720. The van der Waals surface area contributed by atoms with E-state index in [2.05, 4.69) is 10.1 Å². The summed E-state index contributed by atoms with van der Waals surface area (Å²) in [6.07, 6.45) is 0.340. The summed E-state index contributed by atoms with van der Waals surface area (Å²) in [5.74, 6) is -3.10. The van der Waals surface area contributed by atoms with Crippen molar-refractivity contribution in [2.45, 2.75) is 26.3 Å². The summed E-state index contributed by atoms with van der Waals surface area (Å²) in [5.41, 5.74) is 0. The monoisotopic (exact) mass is 243 g/mol. The molecule has 0 aromatic heterocycles. The highest BCUT2D eigenvalue weighted by Gasteiger charge is 2.49. The Morgan fingerprint density at radius 3 is 2.24 bits per heavy atom. The second-order valence-corrected chi connectivity index (χ2v) is 4.54. The molecule has 0 aliphatic heterocycles. The van der Waals surface area contributed by atoms with Crippen LogP contribution in [0.25, 0.3) is 0 Å². The van der Waals surface area contributed by atoms with Crippen LogP contribution in [0.2, 0.25) is 0 Å². The largest absolute Gasteiger partial charge is 0.481 e. The van der Waals surface area contributed by atoms with Crippen LogP contribution in [0.15, 0.2) is 0 Å². The maximum Gasteiger partial charge on any atom is 0.328 e. The van der Waals surface area contributed by atoms with Crippen molar-refractivity contribution < 1.29 is 24.2 Å². The molecule has 0 saturated heterocycles. The highest BCUT2D eigenvalue weighted by atomic mass is 16.5. The summed E-state index contributed by atoms with van der Waals surface area (Å²) in [4.78, 5) is 33.7. The quantitative estimate of drug-likeness (QED) is 0.664. The molecule has 17 heavy (non-hydrogen) atoms. The Labute approximate surface area is 99.3 Å². The third-order valence-electron chi connectivity index (χ3n) is 2.86. The number of carbonyl (C=O) groups is 3. The Morgan fingerprint density at radius 2 is 1.88 bits per heavy atom. The Kier molecular flexibility index (Phi) is 4.09. The fourth-order valence-corrected chi connectivity index (χ4v) is 1.64. The van der Waals surface area contributed by atoms with Crippen LogP contribution in [0.3, 0.4) is 0 Å². The highest BCUT2D eigenvalue weighted by molar-refractivity contribution is 5.92. The van der Waals surface area contributed by atoms with Gasteiger partial charge in [-0.25, -0.2) is 4.79 Å². The number of rotatable bonds is 5. The van der Waals surface area contributed by atoms with E-state index in [0.29, 0.717) is 6.42 Å². The molecule has 1 aliphatic carbocycles. The first kappa shape index (κ1) is 13.5. The molecular weight excluding hydrogens is 226 g/mol. The van der Waals surface area contributed by atoms with Crippen LogP contribution in [0.5, 0.6) is 0 Å². The van der Waals surface area contributed by atoms with Gasteiger partial charge in [0.05, 0.1) is 18.9 Å². The van der Waals surface area contributed by atoms with Gasteiger partial charge in [-0.05, 0) is 12.3 Å². The van der Waals surface area contributed by atoms with Crippen LogP contribution in [0.4, 0.5) is 0 Å². The lowest BCUT2D eigenvalue weighted by atomic mass is 10.0.